The standard InChI is InChI=1S/C14H28O3/c1-16-12-17-14(11-15)10-6-5-9-13-7-3-2-4-8-13/h13-15H,2-12H2,1H3/t14-/m0/s1. The summed E-state index contributed by atoms with van der Waals surface area (Å²) in [5.74, 6) is 0.969. The summed E-state index contributed by atoms with van der Waals surface area (Å²) >= 11 is 0. The van der Waals surface area contributed by atoms with Crippen LogP contribution in [-0.4, -0.2) is 31.7 Å². The van der Waals surface area contributed by atoms with Gasteiger partial charge in [0.05, 0.1) is 12.7 Å². The molecule has 3 nitrogen and oxygen atoms in total. The van der Waals surface area contributed by atoms with Crippen molar-refractivity contribution in [3.8, 4) is 0 Å². The molecular weight excluding hydrogens is 216 g/mol. The molecule has 1 aliphatic carbocycles. The van der Waals surface area contributed by atoms with Crippen LogP contribution >= 0.6 is 0 Å². The quantitative estimate of drug-likeness (QED) is 0.500. The zero-order valence-corrected chi connectivity index (χ0v) is 11.2. The molecular formula is C14H28O3. The molecule has 0 radical (unpaired) electrons. The highest BCUT2D eigenvalue weighted by Crippen LogP contribution is 2.28. The van der Waals surface area contributed by atoms with Crippen molar-refractivity contribution in [1.29, 1.82) is 0 Å². The fourth-order valence-corrected chi connectivity index (χ4v) is 2.67. The number of aliphatic hydroxyl groups excluding tert-OH is 1. The van der Waals surface area contributed by atoms with E-state index in [1.807, 2.05) is 0 Å². The number of ether oxygens (including phenoxy) is 2. The fraction of sp³-hybridized carbons (Fsp3) is 1.00. The van der Waals surface area contributed by atoms with Gasteiger partial charge in [-0.2, -0.15) is 0 Å². The lowest BCUT2D eigenvalue weighted by Gasteiger charge is -2.21. The first-order valence-electron chi connectivity index (χ1n) is 7.08. The summed E-state index contributed by atoms with van der Waals surface area (Å²) in [5, 5.41) is 9.12. The average Bonchev–Trinajstić information content (AvgIpc) is 2.39. The van der Waals surface area contributed by atoms with Crippen molar-refractivity contribution in [3.63, 3.8) is 0 Å². The Bertz CT molecular complexity index is 167. The molecule has 0 unspecified atom stereocenters. The van der Waals surface area contributed by atoms with E-state index in [-0.39, 0.29) is 19.5 Å². The molecule has 0 amide bonds. The van der Waals surface area contributed by atoms with Crippen LogP contribution in [0, 0.1) is 5.92 Å². The minimum absolute atomic E-state index is 0.0405. The Morgan fingerprint density at radius 1 is 1.18 bits per heavy atom. The van der Waals surface area contributed by atoms with Crippen LogP contribution in [0.2, 0.25) is 0 Å². The van der Waals surface area contributed by atoms with Crippen molar-refractivity contribution in [2.45, 2.75) is 63.9 Å². The van der Waals surface area contributed by atoms with Crippen LogP contribution in [0.15, 0.2) is 0 Å². The number of unbranched alkanes of at least 4 members (excludes halogenated alkanes) is 1. The fourth-order valence-electron chi connectivity index (χ4n) is 2.67. The number of hydrogen-bond acceptors (Lipinski definition) is 3. The summed E-state index contributed by atoms with van der Waals surface area (Å²) in [6.07, 6.45) is 11.9. The van der Waals surface area contributed by atoms with E-state index < -0.39 is 0 Å². The molecule has 102 valence electrons. The zero-order chi connectivity index (χ0) is 12.3. The van der Waals surface area contributed by atoms with Crippen molar-refractivity contribution in [2.24, 2.45) is 5.92 Å². The Morgan fingerprint density at radius 2 is 1.94 bits per heavy atom. The van der Waals surface area contributed by atoms with Crippen LogP contribution < -0.4 is 0 Å². The van der Waals surface area contributed by atoms with Crippen LogP contribution in [0.4, 0.5) is 0 Å². The minimum Gasteiger partial charge on any atom is -0.394 e. The van der Waals surface area contributed by atoms with Crippen molar-refractivity contribution < 1.29 is 14.6 Å². The molecule has 0 aliphatic heterocycles. The van der Waals surface area contributed by atoms with Gasteiger partial charge in [0.1, 0.15) is 6.79 Å². The summed E-state index contributed by atoms with van der Waals surface area (Å²) < 4.78 is 10.2. The second-order valence-electron chi connectivity index (χ2n) is 5.17. The summed E-state index contributed by atoms with van der Waals surface area (Å²) in [7, 11) is 1.61. The normalized spacial score (nSPS) is 19.4. The molecule has 0 saturated heterocycles. The van der Waals surface area contributed by atoms with Gasteiger partial charge in [0, 0.05) is 7.11 Å². The highest BCUT2D eigenvalue weighted by Gasteiger charge is 2.13. The molecule has 0 aromatic heterocycles. The third kappa shape index (κ3) is 7.02. The molecule has 17 heavy (non-hydrogen) atoms. The van der Waals surface area contributed by atoms with Gasteiger partial charge >= 0.3 is 0 Å². The summed E-state index contributed by atoms with van der Waals surface area (Å²) in [5.41, 5.74) is 0. The highest BCUT2D eigenvalue weighted by atomic mass is 16.7. The summed E-state index contributed by atoms with van der Waals surface area (Å²) in [4.78, 5) is 0. The largest absolute Gasteiger partial charge is 0.394 e. The third-order valence-electron chi connectivity index (χ3n) is 3.74. The van der Waals surface area contributed by atoms with Gasteiger partial charge in [-0.25, -0.2) is 0 Å². The minimum atomic E-state index is -0.0405. The van der Waals surface area contributed by atoms with E-state index in [0.717, 1.165) is 18.8 Å². The Kier molecular flexibility index (Phi) is 8.67. The summed E-state index contributed by atoms with van der Waals surface area (Å²) in [6, 6.07) is 0. The van der Waals surface area contributed by atoms with E-state index in [1.54, 1.807) is 7.11 Å². The van der Waals surface area contributed by atoms with Gasteiger partial charge < -0.3 is 14.6 Å². The lowest BCUT2D eigenvalue weighted by atomic mass is 9.85. The Morgan fingerprint density at radius 3 is 2.59 bits per heavy atom. The van der Waals surface area contributed by atoms with Crippen molar-refractivity contribution >= 4 is 0 Å². The number of aliphatic hydroxyl groups is 1. The molecule has 1 saturated carbocycles. The third-order valence-corrected chi connectivity index (χ3v) is 3.74. The first-order chi connectivity index (χ1) is 8.36. The van der Waals surface area contributed by atoms with Gasteiger partial charge in [0.15, 0.2) is 0 Å². The van der Waals surface area contributed by atoms with E-state index in [9.17, 15) is 0 Å². The maximum Gasteiger partial charge on any atom is 0.146 e. The van der Waals surface area contributed by atoms with Gasteiger partial charge in [-0.15, -0.1) is 0 Å². The molecule has 1 N–H and O–H groups in total. The number of methoxy groups -OCH3 is 1. The van der Waals surface area contributed by atoms with E-state index in [0.29, 0.717) is 0 Å². The SMILES string of the molecule is COCO[C@H](CO)CCCCC1CCCCC1. The van der Waals surface area contributed by atoms with Gasteiger partial charge in [-0.1, -0.05) is 51.4 Å². The van der Waals surface area contributed by atoms with E-state index in [4.69, 9.17) is 14.6 Å². The molecule has 0 heterocycles. The maximum absolute atomic E-state index is 9.12. The van der Waals surface area contributed by atoms with Crippen molar-refractivity contribution in [2.75, 3.05) is 20.5 Å². The van der Waals surface area contributed by atoms with Crippen LogP contribution in [0.5, 0.6) is 0 Å². The smallest absolute Gasteiger partial charge is 0.146 e. The molecule has 1 aliphatic rings. The van der Waals surface area contributed by atoms with E-state index in [1.165, 1.54) is 44.9 Å². The van der Waals surface area contributed by atoms with Crippen LogP contribution in [-0.2, 0) is 9.47 Å². The molecule has 1 fully saturated rings. The Labute approximate surface area is 105 Å². The topological polar surface area (TPSA) is 38.7 Å². The molecule has 0 spiro atoms. The van der Waals surface area contributed by atoms with Crippen molar-refractivity contribution in [1.82, 2.24) is 0 Å². The maximum atomic E-state index is 9.12. The Balaban J connectivity index is 1.97. The molecule has 3 heteroatoms. The first kappa shape index (κ1) is 14.9. The molecule has 1 rings (SSSR count). The Hall–Kier alpha value is -0.120. The summed E-state index contributed by atoms with van der Waals surface area (Å²) in [6.45, 7) is 0.390. The van der Waals surface area contributed by atoms with E-state index in [2.05, 4.69) is 0 Å². The predicted molar refractivity (Wildman–Crippen MR) is 68.9 cm³/mol. The number of rotatable bonds is 9. The molecule has 0 aromatic carbocycles. The van der Waals surface area contributed by atoms with Crippen LogP contribution in [0.3, 0.4) is 0 Å². The van der Waals surface area contributed by atoms with Gasteiger partial charge in [-0.3, -0.25) is 0 Å². The zero-order valence-electron chi connectivity index (χ0n) is 11.2. The van der Waals surface area contributed by atoms with Crippen LogP contribution in [0.25, 0.3) is 0 Å². The second kappa shape index (κ2) is 9.86. The van der Waals surface area contributed by atoms with Crippen molar-refractivity contribution in [3.05, 3.63) is 0 Å². The lowest BCUT2D eigenvalue weighted by Crippen LogP contribution is -2.19. The second-order valence-corrected chi connectivity index (χ2v) is 5.17. The molecule has 1 atom stereocenters. The van der Waals surface area contributed by atoms with E-state index >= 15 is 0 Å². The monoisotopic (exact) mass is 244 g/mol. The molecule has 0 bridgehead atoms. The van der Waals surface area contributed by atoms with Gasteiger partial charge in [-0.05, 0) is 12.3 Å². The predicted octanol–water partition coefficient (Wildman–Crippen LogP) is 3.11. The average molecular weight is 244 g/mol. The van der Waals surface area contributed by atoms with Crippen LogP contribution in [0.1, 0.15) is 57.8 Å². The van der Waals surface area contributed by atoms with Gasteiger partial charge in [0.25, 0.3) is 0 Å². The lowest BCUT2D eigenvalue weighted by molar-refractivity contribution is -0.0898. The first-order valence-corrected chi connectivity index (χ1v) is 7.08. The van der Waals surface area contributed by atoms with Gasteiger partial charge in [0.2, 0.25) is 0 Å². The molecule has 0 aromatic rings. The highest BCUT2D eigenvalue weighted by molar-refractivity contribution is 4.66. The number of hydrogen-bond donors (Lipinski definition) is 1.